The Morgan fingerprint density at radius 1 is 1.07 bits per heavy atom. The lowest BCUT2D eigenvalue weighted by Gasteiger charge is -2.30. The van der Waals surface area contributed by atoms with Gasteiger partial charge in [-0.2, -0.15) is 0 Å². The van der Waals surface area contributed by atoms with Crippen LogP contribution in [0.3, 0.4) is 0 Å². The summed E-state index contributed by atoms with van der Waals surface area (Å²) >= 11 is 0. The van der Waals surface area contributed by atoms with Gasteiger partial charge < -0.3 is 21.3 Å². The molecule has 0 aliphatic carbocycles. The van der Waals surface area contributed by atoms with E-state index in [2.05, 4.69) is 28.2 Å². The van der Waals surface area contributed by atoms with Crippen molar-refractivity contribution >= 4 is 35.7 Å². The Hall–Kier alpha value is -2.57. The van der Waals surface area contributed by atoms with E-state index >= 15 is 0 Å². The van der Waals surface area contributed by atoms with E-state index in [4.69, 9.17) is 0 Å². The Bertz CT molecular complexity index is 813. The third-order valence-corrected chi connectivity index (χ3v) is 4.92. The number of benzene rings is 2. The van der Waals surface area contributed by atoms with Crippen LogP contribution >= 0.6 is 12.4 Å². The van der Waals surface area contributed by atoms with Crippen molar-refractivity contribution in [1.29, 1.82) is 0 Å². The summed E-state index contributed by atoms with van der Waals surface area (Å²) in [4.78, 5) is 24.9. The Morgan fingerprint density at radius 3 is 2.54 bits per heavy atom. The van der Waals surface area contributed by atoms with Crippen LogP contribution in [0.1, 0.15) is 29.3 Å². The van der Waals surface area contributed by atoms with Gasteiger partial charge in [-0.1, -0.05) is 31.2 Å². The van der Waals surface area contributed by atoms with E-state index in [1.807, 2.05) is 43.3 Å². The van der Waals surface area contributed by atoms with E-state index in [9.17, 15) is 9.59 Å². The summed E-state index contributed by atoms with van der Waals surface area (Å²) in [5.74, 6) is 0.317. The van der Waals surface area contributed by atoms with E-state index in [1.54, 1.807) is 12.1 Å². The van der Waals surface area contributed by atoms with Gasteiger partial charge in [0.05, 0.1) is 0 Å². The lowest BCUT2D eigenvalue weighted by atomic mass is 9.94. The third-order valence-electron chi connectivity index (χ3n) is 4.92. The van der Waals surface area contributed by atoms with Crippen molar-refractivity contribution in [3.8, 4) is 0 Å². The molecule has 0 saturated carbocycles. The zero-order valence-corrected chi connectivity index (χ0v) is 16.9. The van der Waals surface area contributed by atoms with Crippen LogP contribution in [0.25, 0.3) is 0 Å². The van der Waals surface area contributed by atoms with Crippen molar-refractivity contribution < 1.29 is 9.59 Å². The quantitative estimate of drug-likeness (QED) is 0.628. The molecule has 0 aromatic heterocycles. The van der Waals surface area contributed by atoms with Crippen LogP contribution in [-0.2, 0) is 0 Å². The fourth-order valence-corrected chi connectivity index (χ4v) is 3.14. The highest BCUT2D eigenvalue weighted by Gasteiger charge is 2.23. The number of hydrogen-bond acceptors (Lipinski definition) is 3. The molecule has 1 fully saturated rings. The van der Waals surface area contributed by atoms with Crippen LogP contribution in [0.5, 0.6) is 0 Å². The molecule has 1 heterocycles. The standard InChI is InChI=1S/C21H26N4O2.ClH/c1-14-8-9-16(20(26)24-19-13-22-11-10-15(19)2)12-18(14)25-21(27)23-17-6-4-3-5-7-17;/h3-9,12,15,19,22H,10-11,13H2,1-2H3,(H,24,26)(H2,23,25,27);1H. The first-order chi connectivity index (χ1) is 13.0. The molecule has 1 aliphatic heterocycles. The minimum atomic E-state index is -0.341. The van der Waals surface area contributed by atoms with Gasteiger partial charge in [0.1, 0.15) is 0 Å². The topological polar surface area (TPSA) is 82.3 Å². The molecular weight excluding hydrogens is 376 g/mol. The van der Waals surface area contributed by atoms with E-state index in [0.29, 0.717) is 22.9 Å². The minimum Gasteiger partial charge on any atom is -0.348 e. The van der Waals surface area contributed by atoms with Crippen molar-refractivity contribution in [2.24, 2.45) is 5.92 Å². The van der Waals surface area contributed by atoms with Gasteiger partial charge in [0, 0.05) is 29.5 Å². The predicted octanol–water partition coefficient (Wildman–Crippen LogP) is 3.79. The Morgan fingerprint density at radius 2 is 1.82 bits per heavy atom. The number of para-hydroxylation sites is 1. The molecule has 2 aromatic carbocycles. The Kier molecular flexibility index (Phi) is 7.84. The lowest BCUT2D eigenvalue weighted by Crippen LogP contribution is -2.50. The summed E-state index contributed by atoms with van der Waals surface area (Å²) < 4.78 is 0. The Balaban J connectivity index is 0.00000280. The minimum absolute atomic E-state index is 0. The number of aryl methyl sites for hydroxylation is 1. The maximum absolute atomic E-state index is 12.6. The average molecular weight is 403 g/mol. The molecule has 0 bridgehead atoms. The maximum atomic E-state index is 12.6. The summed E-state index contributed by atoms with van der Waals surface area (Å²) in [6.45, 7) is 5.82. The van der Waals surface area contributed by atoms with Crippen molar-refractivity contribution in [1.82, 2.24) is 10.6 Å². The molecule has 2 unspecified atom stereocenters. The van der Waals surface area contributed by atoms with E-state index in [1.165, 1.54) is 0 Å². The molecule has 6 nitrogen and oxygen atoms in total. The number of urea groups is 1. The van der Waals surface area contributed by atoms with Crippen LogP contribution in [0.15, 0.2) is 48.5 Å². The first-order valence-corrected chi connectivity index (χ1v) is 9.28. The van der Waals surface area contributed by atoms with Crippen LogP contribution in [0, 0.1) is 12.8 Å². The molecule has 3 amide bonds. The number of nitrogens with one attached hydrogen (secondary N) is 4. The highest BCUT2D eigenvalue weighted by atomic mass is 35.5. The summed E-state index contributed by atoms with van der Waals surface area (Å²) in [5.41, 5.74) is 2.75. The first-order valence-electron chi connectivity index (χ1n) is 9.28. The Labute approximate surface area is 171 Å². The second kappa shape index (κ2) is 10.1. The van der Waals surface area contributed by atoms with E-state index in [0.717, 1.165) is 25.1 Å². The van der Waals surface area contributed by atoms with Crippen LogP contribution < -0.4 is 21.3 Å². The molecule has 3 rings (SSSR count). The summed E-state index contributed by atoms with van der Waals surface area (Å²) in [5, 5.41) is 12.0. The fraction of sp³-hybridized carbons (Fsp3) is 0.333. The number of amides is 3. The number of rotatable bonds is 4. The lowest BCUT2D eigenvalue weighted by molar-refractivity contribution is 0.0915. The average Bonchev–Trinajstić information content (AvgIpc) is 2.66. The second-order valence-electron chi connectivity index (χ2n) is 7.02. The molecule has 28 heavy (non-hydrogen) atoms. The van der Waals surface area contributed by atoms with Gasteiger partial charge in [-0.25, -0.2) is 4.79 Å². The molecular formula is C21H27ClN4O2. The van der Waals surface area contributed by atoms with Gasteiger partial charge in [0.2, 0.25) is 0 Å². The molecule has 4 N–H and O–H groups in total. The van der Waals surface area contributed by atoms with Gasteiger partial charge >= 0.3 is 6.03 Å². The zero-order chi connectivity index (χ0) is 19.2. The normalized spacial score (nSPS) is 18.5. The van der Waals surface area contributed by atoms with Crippen LogP contribution in [-0.4, -0.2) is 31.1 Å². The number of piperidine rings is 1. The SMILES string of the molecule is Cc1ccc(C(=O)NC2CNCCC2C)cc1NC(=O)Nc1ccccc1.Cl. The molecule has 2 atom stereocenters. The molecule has 1 saturated heterocycles. The maximum Gasteiger partial charge on any atom is 0.323 e. The molecule has 0 radical (unpaired) electrons. The highest BCUT2D eigenvalue weighted by Crippen LogP contribution is 2.19. The predicted molar refractivity (Wildman–Crippen MR) is 115 cm³/mol. The molecule has 150 valence electrons. The van der Waals surface area contributed by atoms with Crippen LogP contribution in [0.2, 0.25) is 0 Å². The third kappa shape index (κ3) is 5.71. The van der Waals surface area contributed by atoms with Gasteiger partial charge in [-0.05, 0) is 55.6 Å². The van der Waals surface area contributed by atoms with Crippen molar-refractivity contribution in [2.45, 2.75) is 26.3 Å². The largest absolute Gasteiger partial charge is 0.348 e. The smallest absolute Gasteiger partial charge is 0.323 e. The highest BCUT2D eigenvalue weighted by molar-refractivity contribution is 6.02. The summed E-state index contributed by atoms with van der Waals surface area (Å²) in [6, 6.07) is 14.3. The molecule has 2 aromatic rings. The van der Waals surface area contributed by atoms with Gasteiger partial charge in [0.15, 0.2) is 0 Å². The summed E-state index contributed by atoms with van der Waals surface area (Å²) in [6.07, 6.45) is 1.05. The molecule has 1 aliphatic rings. The number of anilines is 2. The second-order valence-corrected chi connectivity index (χ2v) is 7.02. The number of hydrogen-bond donors (Lipinski definition) is 4. The zero-order valence-electron chi connectivity index (χ0n) is 16.1. The van der Waals surface area contributed by atoms with Gasteiger partial charge in [0.25, 0.3) is 5.91 Å². The fourth-order valence-electron chi connectivity index (χ4n) is 3.14. The first kappa shape index (κ1) is 21.7. The number of carbonyl (C=O) groups is 2. The molecule has 0 spiro atoms. The molecule has 7 heteroatoms. The van der Waals surface area contributed by atoms with Crippen molar-refractivity contribution in [2.75, 3.05) is 23.7 Å². The van der Waals surface area contributed by atoms with E-state index in [-0.39, 0.29) is 30.4 Å². The van der Waals surface area contributed by atoms with Crippen molar-refractivity contribution in [3.05, 3.63) is 59.7 Å². The number of carbonyl (C=O) groups excluding carboxylic acids is 2. The number of halogens is 1. The van der Waals surface area contributed by atoms with Gasteiger partial charge in [-0.3, -0.25) is 4.79 Å². The van der Waals surface area contributed by atoms with Gasteiger partial charge in [-0.15, -0.1) is 12.4 Å². The van der Waals surface area contributed by atoms with Crippen LogP contribution in [0.4, 0.5) is 16.2 Å². The monoisotopic (exact) mass is 402 g/mol. The van der Waals surface area contributed by atoms with Crippen molar-refractivity contribution in [3.63, 3.8) is 0 Å². The summed E-state index contributed by atoms with van der Waals surface area (Å²) in [7, 11) is 0. The van der Waals surface area contributed by atoms with E-state index < -0.39 is 0 Å².